The summed E-state index contributed by atoms with van der Waals surface area (Å²) in [6.07, 6.45) is 3.25. The monoisotopic (exact) mass is 578 g/mol. The molecule has 4 N–H and O–H groups in total. The molecule has 0 aromatic rings. The van der Waals surface area contributed by atoms with Gasteiger partial charge in [0.1, 0.15) is 18.3 Å². The average Bonchev–Trinajstić information content (AvgIpc) is 3.38. The highest BCUT2D eigenvalue weighted by Gasteiger charge is 2.70. The third kappa shape index (κ3) is 4.28. The molecule has 0 aromatic carbocycles. The Labute approximate surface area is 245 Å². The van der Waals surface area contributed by atoms with E-state index in [2.05, 4.69) is 27.7 Å². The van der Waals surface area contributed by atoms with Crippen LogP contribution in [0.3, 0.4) is 0 Å². The smallest absolute Gasteiger partial charge is 0.186 e. The van der Waals surface area contributed by atoms with Crippen molar-refractivity contribution in [1.29, 1.82) is 0 Å². The van der Waals surface area contributed by atoms with Crippen molar-refractivity contribution in [1.82, 2.24) is 0 Å². The number of fused-ring (bicyclic) bond motifs is 7. The molecule has 3 heterocycles. The first-order valence-electron chi connectivity index (χ1n) is 16.7. The molecule has 1 spiro atoms. The first-order chi connectivity index (χ1) is 19.4. The van der Waals surface area contributed by atoms with Gasteiger partial charge in [0.15, 0.2) is 12.1 Å². The first kappa shape index (κ1) is 29.4. The lowest BCUT2D eigenvalue weighted by Gasteiger charge is -2.63. The van der Waals surface area contributed by atoms with E-state index in [0.29, 0.717) is 41.9 Å². The van der Waals surface area contributed by atoms with Crippen LogP contribution in [0.1, 0.15) is 92.4 Å². The Balaban J connectivity index is 1.17. The van der Waals surface area contributed by atoms with Crippen molar-refractivity contribution in [2.45, 2.75) is 147 Å². The molecule has 0 unspecified atom stereocenters. The summed E-state index contributed by atoms with van der Waals surface area (Å²) in [5, 5.41) is 42.4. The summed E-state index contributed by atoms with van der Waals surface area (Å²) in [4.78, 5) is 0. The number of hydrogen-bond acceptors (Lipinski definition) is 8. The Hall–Kier alpha value is -0.320. The summed E-state index contributed by atoms with van der Waals surface area (Å²) in [6, 6.07) is 0. The summed E-state index contributed by atoms with van der Waals surface area (Å²) in [7, 11) is 0. The van der Waals surface area contributed by atoms with Crippen molar-refractivity contribution in [2.75, 3.05) is 6.61 Å². The molecular formula is C33H54O8. The van der Waals surface area contributed by atoms with Gasteiger partial charge in [-0.15, -0.1) is 0 Å². The van der Waals surface area contributed by atoms with Crippen LogP contribution in [-0.4, -0.2) is 81.8 Å². The summed E-state index contributed by atoms with van der Waals surface area (Å²) < 4.78 is 26.1. The van der Waals surface area contributed by atoms with E-state index in [-0.39, 0.29) is 35.1 Å². The van der Waals surface area contributed by atoms with Gasteiger partial charge in [-0.3, -0.25) is 0 Å². The van der Waals surface area contributed by atoms with E-state index in [1.165, 1.54) is 19.3 Å². The fourth-order valence-corrected chi connectivity index (χ4v) is 11.7. The number of rotatable bonds is 2. The van der Waals surface area contributed by atoms with E-state index >= 15 is 0 Å². The minimum Gasteiger partial charge on any atom is -0.393 e. The molecular weight excluding hydrogens is 524 g/mol. The standard InChI is InChI=1S/C33H54O8/c1-16-6-11-33(38-15-16)17(2)26-25(41-33)14-22-20-13-24(40-30-29(37)28(36)27(35)18(3)39-30)23-12-19(34)7-9-31(23,4)21(20)8-10-32(22,26)5/h16-30,34-37H,6-15H2,1-5H3/t16-,17-,18+,19-,20+,21-,22-,23-,24-,25-,26-,27+,28-,29+,30-,31+,32-,33+/m0/s1. The molecule has 3 saturated heterocycles. The van der Waals surface area contributed by atoms with Gasteiger partial charge in [-0.1, -0.05) is 27.7 Å². The van der Waals surface area contributed by atoms with Crippen LogP contribution in [-0.2, 0) is 18.9 Å². The number of ether oxygens (including phenoxy) is 4. The zero-order chi connectivity index (χ0) is 29.1. The van der Waals surface area contributed by atoms with E-state index in [9.17, 15) is 20.4 Å². The van der Waals surface area contributed by atoms with Gasteiger partial charge in [0.2, 0.25) is 0 Å². The van der Waals surface area contributed by atoms with E-state index in [1.54, 1.807) is 6.92 Å². The average molecular weight is 579 g/mol. The lowest BCUT2D eigenvalue weighted by atomic mass is 9.43. The molecule has 7 rings (SSSR count). The van der Waals surface area contributed by atoms with E-state index in [0.717, 1.165) is 38.7 Å². The maximum Gasteiger partial charge on any atom is 0.186 e. The summed E-state index contributed by atoms with van der Waals surface area (Å²) in [5.74, 6) is 2.75. The Morgan fingerprint density at radius 2 is 1.51 bits per heavy atom. The van der Waals surface area contributed by atoms with Gasteiger partial charge < -0.3 is 39.4 Å². The lowest BCUT2D eigenvalue weighted by Crippen LogP contribution is -2.62. The summed E-state index contributed by atoms with van der Waals surface area (Å²) in [6.45, 7) is 12.1. The lowest BCUT2D eigenvalue weighted by molar-refractivity contribution is -0.322. The minimum atomic E-state index is -1.31. The van der Waals surface area contributed by atoms with Crippen LogP contribution in [0.4, 0.5) is 0 Å². The Morgan fingerprint density at radius 1 is 0.756 bits per heavy atom. The molecule has 8 nitrogen and oxygen atoms in total. The van der Waals surface area contributed by atoms with Gasteiger partial charge in [0.05, 0.1) is 31.0 Å². The quantitative estimate of drug-likeness (QED) is 0.367. The molecule has 4 saturated carbocycles. The zero-order valence-corrected chi connectivity index (χ0v) is 25.7. The Kier molecular flexibility index (Phi) is 7.24. The normalized spacial score (nSPS) is 62.1. The van der Waals surface area contributed by atoms with Crippen molar-refractivity contribution in [3.63, 3.8) is 0 Å². The molecule has 0 amide bonds. The summed E-state index contributed by atoms with van der Waals surface area (Å²) in [5.41, 5.74) is 0.213. The SMILES string of the molecule is C[C@H]1CC[C@@]2(OC1)O[C@H]1C[C@H]3[C@@H]4C[C@H](O[C@@H]5O[C@H](C)[C@@H](O)[C@H](O)[C@H]5O)[C@@H]5C[C@@H](O)CC[C@]5(C)[C@H]4CC[C@]3(C)[C@H]1[C@@H]2C. The van der Waals surface area contributed by atoms with Crippen LogP contribution in [0.2, 0.25) is 0 Å². The molecule has 3 aliphatic heterocycles. The highest BCUT2D eigenvalue weighted by atomic mass is 16.7. The van der Waals surface area contributed by atoms with Gasteiger partial charge in [-0.25, -0.2) is 0 Å². The van der Waals surface area contributed by atoms with Crippen LogP contribution in [0.15, 0.2) is 0 Å². The fraction of sp³-hybridized carbons (Fsp3) is 1.00. The second kappa shape index (κ2) is 10.1. The van der Waals surface area contributed by atoms with Crippen LogP contribution in [0, 0.1) is 52.3 Å². The molecule has 8 heteroatoms. The highest BCUT2D eigenvalue weighted by molar-refractivity contribution is 5.16. The molecule has 0 bridgehead atoms. The predicted molar refractivity (Wildman–Crippen MR) is 150 cm³/mol. The Bertz CT molecular complexity index is 984. The van der Waals surface area contributed by atoms with Gasteiger partial charge in [0.25, 0.3) is 0 Å². The predicted octanol–water partition coefficient (Wildman–Crippen LogP) is 3.62. The van der Waals surface area contributed by atoms with Gasteiger partial charge in [-0.2, -0.15) is 0 Å². The number of aliphatic hydroxyl groups is 4. The van der Waals surface area contributed by atoms with Crippen molar-refractivity contribution < 1.29 is 39.4 Å². The molecule has 234 valence electrons. The van der Waals surface area contributed by atoms with Crippen LogP contribution in [0.25, 0.3) is 0 Å². The van der Waals surface area contributed by atoms with Crippen molar-refractivity contribution in [3.05, 3.63) is 0 Å². The third-order valence-electron chi connectivity index (χ3n) is 14.0. The zero-order valence-electron chi connectivity index (χ0n) is 25.7. The maximum atomic E-state index is 10.8. The second-order valence-electron chi connectivity index (χ2n) is 16.0. The third-order valence-corrected chi connectivity index (χ3v) is 14.0. The minimum absolute atomic E-state index is 0.0333. The van der Waals surface area contributed by atoms with Gasteiger partial charge in [-0.05, 0) is 105 Å². The first-order valence-corrected chi connectivity index (χ1v) is 16.7. The Morgan fingerprint density at radius 3 is 2.24 bits per heavy atom. The fourth-order valence-electron chi connectivity index (χ4n) is 11.7. The molecule has 41 heavy (non-hydrogen) atoms. The topological polar surface area (TPSA) is 118 Å². The largest absolute Gasteiger partial charge is 0.393 e. The second-order valence-corrected chi connectivity index (χ2v) is 16.0. The maximum absolute atomic E-state index is 10.8. The van der Waals surface area contributed by atoms with Crippen molar-refractivity contribution >= 4 is 0 Å². The van der Waals surface area contributed by atoms with Crippen LogP contribution in [0.5, 0.6) is 0 Å². The molecule has 0 radical (unpaired) electrons. The van der Waals surface area contributed by atoms with Gasteiger partial charge >= 0.3 is 0 Å². The van der Waals surface area contributed by atoms with Crippen LogP contribution >= 0.6 is 0 Å². The highest BCUT2D eigenvalue weighted by Crippen LogP contribution is 2.71. The molecule has 4 aliphatic carbocycles. The molecule has 7 fully saturated rings. The molecule has 7 aliphatic rings. The molecule has 0 aromatic heterocycles. The van der Waals surface area contributed by atoms with E-state index in [4.69, 9.17) is 18.9 Å². The van der Waals surface area contributed by atoms with Crippen molar-refractivity contribution in [3.8, 4) is 0 Å². The number of aliphatic hydroxyl groups excluding tert-OH is 4. The van der Waals surface area contributed by atoms with E-state index in [1.807, 2.05) is 0 Å². The summed E-state index contributed by atoms with van der Waals surface area (Å²) >= 11 is 0. The number of hydrogen-bond donors (Lipinski definition) is 4. The van der Waals surface area contributed by atoms with Crippen LogP contribution < -0.4 is 0 Å². The van der Waals surface area contributed by atoms with Gasteiger partial charge in [0, 0.05) is 12.3 Å². The molecule has 18 atom stereocenters. The van der Waals surface area contributed by atoms with Crippen molar-refractivity contribution in [2.24, 2.45) is 52.3 Å². The van der Waals surface area contributed by atoms with E-state index < -0.39 is 36.5 Å².